The van der Waals surface area contributed by atoms with Gasteiger partial charge in [0.25, 0.3) is 0 Å². The van der Waals surface area contributed by atoms with Crippen molar-refractivity contribution in [3.63, 3.8) is 0 Å². The summed E-state index contributed by atoms with van der Waals surface area (Å²) in [6, 6.07) is 7.95. The van der Waals surface area contributed by atoms with E-state index in [2.05, 4.69) is 41.4 Å². The molecule has 2 aromatic rings. The van der Waals surface area contributed by atoms with Gasteiger partial charge < -0.3 is 9.64 Å². The van der Waals surface area contributed by atoms with Gasteiger partial charge in [0.2, 0.25) is 5.88 Å². The van der Waals surface area contributed by atoms with E-state index in [9.17, 15) is 0 Å². The van der Waals surface area contributed by atoms with Gasteiger partial charge in [0, 0.05) is 29.0 Å². The Bertz CT molecular complexity index is 782. The Morgan fingerprint density at radius 1 is 1.33 bits per heavy atom. The van der Waals surface area contributed by atoms with Gasteiger partial charge in [0.1, 0.15) is 5.69 Å². The number of benzene rings is 1. The van der Waals surface area contributed by atoms with E-state index in [4.69, 9.17) is 4.74 Å². The topological polar surface area (TPSA) is 38.3 Å². The lowest BCUT2D eigenvalue weighted by Gasteiger charge is -2.21. The second kappa shape index (κ2) is 7.22. The molecule has 124 valence electrons. The van der Waals surface area contributed by atoms with Gasteiger partial charge in [-0.2, -0.15) is 4.37 Å². The maximum absolute atomic E-state index is 5.82. The van der Waals surface area contributed by atoms with Crippen LogP contribution in [0.2, 0.25) is 0 Å². The number of rotatable bonds is 3. The molecule has 1 unspecified atom stereocenters. The van der Waals surface area contributed by atoms with Gasteiger partial charge in [-0.15, -0.1) is 4.37 Å². The van der Waals surface area contributed by atoms with Gasteiger partial charge in [0.05, 0.1) is 11.7 Å². The number of hydrogen-bond acceptors (Lipinski definition) is 5. The fraction of sp³-hybridized carbons (Fsp3) is 0.444. The van der Waals surface area contributed by atoms with Crippen LogP contribution in [0.3, 0.4) is 0 Å². The first-order chi connectivity index (χ1) is 11.8. The summed E-state index contributed by atoms with van der Waals surface area (Å²) in [5.74, 6) is 8.04. The molecule has 0 aliphatic carbocycles. The van der Waals surface area contributed by atoms with Gasteiger partial charge in [0.15, 0.2) is 6.61 Å². The van der Waals surface area contributed by atoms with Crippen molar-refractivity contribution in [3.05, 3.63) is 40.0 Å². The number of ether oxygens (including phenoxy) is 1. The van der Waals surface area contributed by atoms with Crippen molar-refractivity contribution in [3.8, 4) is 17.7 Å². The smallest absolute Gasteiger partial charge is 0.250 e. The summed E-state index contributed by atoms with van der Waals surface area (Å²) >= 11 is 4.70. The molecule has 1 aromatic heterocycles. The number of fused-ring (bicyclic) bond motifs is 2. The van der Waals surface area contributed by atoms with Crippen LogP contribution < -0.4 is 4.74 Å². The lowest BCUT2D eigenvalue weighted by Crippen LogP contribution is -2.25. The Labute approximate surface area is 154 Å². The highest BCUT2D eigenvalue weighted by atomic mass is 79.9. The van der Waals surface area contributed by atoms with Crippen molar-refractivity contribution in [1.29, 1.82) is 0 Å². The molecule has 1 aromatic carbocycles. The Morgan fingerprint density at radius 3 is 3.17 bits per heavy atom. The van der Waals surface area contributed by atoms with Crippen LogP contribution in [0, 0.1) is 17.8 Å². The van der Waals surface area contributed by atoms with Gasteiger partial charge >= 0.3 is 0 Å². The van der Waals surface area contributed by atoms with Crippen LogP contribution >= 0.6 is 27.7 Å². The zero-order valence-electron chi connectivity index (χ0n) is 13.2. The van der Waals surface area contributed by atoms with Crippen LogP contribution in [-0.2, 0) is 0 Å². The van der Waals surface area contributed by atoms with Crippen LogP contribution in [0.4, 0.5) is 0 Å². The minimum atomic E-state index is 0.339. The monoisotopic (exact) mass is 403 g/mol. The summed E-state index contributed by atoms with van der Waals surface area (Å²) in [6.07, 6.45) is 2.59. The first-order valence-electron chi connectivity index (χ1n) is 8.21. The Hall–Kier alpha value is -1.42. The zero-order valence-corrected chi connectivity index (χ0v) is 15.6. The minimum Gasteiger partial charge on any atom is -0.463 e. The highest BCUT2D eigenvalue weighted by Gasteiger charge is 2.39. The first kappa shape index (κ1) is 16.1. The van der Waals surface area contributed by atoms with Gasteiger partial charge in [-0.1, -0.05) is 33.8 Å². The van der Waals surface area contributed by atoms with Crippen LogP contribution in [0.1, 0.15) is 30.0 Å². The highest BCUT2D eigenvalue weighted by Crippen LogP contribution is 2.40. The summed E-state index contributed by atoms with van der Waals surface area (Å²) in [6.45, 7) is 3.85. The highest BCUT2D eigenvalue weighted by molar-refractivity contribution is 9.10. The molecule has 2 fully saturated rings. The molecule has 4 nitrogen and oxygen atoms in total. The maximum Gasteiger partial charge on any atom is 0.250 e. The van der Waals surface area contributed by atoms with Crippen molar-refractivity contribution >= 4 is 27.7 Å². The second-order valence-corrected chi connectivity index (χ2v) is 7.77. The molecule has 2 bridgehead atoms. The normalized spacial score (nSPS) is 25.1. The summed E-state index contributed by atoms with van der Waals surface area (Å²) in [5.41, 5.74) is 2.01. The molecule has 0 amide bonds. The average molecular weight is 404 g/mol. The zero-order chi connectivity index (χ0) is 16.4. The molecule has 24 heavy (non-hydrogen) atoms. The molecular weight excluding hydrogens is 386 g/mol. The van der Waals surface area contributed by atoms with Crippen LogP contribution in [-0.4, -0.2) is 39.9 Å². The Kier molecular flexibility index (Phi) is 4.83. The van der Waals surface area contributed by atoms with Crippen molar-refractivity contribution < 1.29 is 4.74 Å². The Morgan fingerprint density at radius 2 is 2.29 bits per heavy atom. The van der Waals surface area contributed by atoms with Gasteiger partial charge in [-0.05, 0) is 43.5 Å². The summed E-state index contributed by atoms with van der Waals surface area (Å²) in [4.78, 5) is 2.54. The van der Waals surface area contributed by atoms with Crippen LogP contribution in [0.5, 0.6) is 5.88 Å². The van der Waals surface area contributed by atoms with Crippen molar-refractivity contribution in [2.24, 2.45) is 5.92 Å². The number of nitrogens with zero attached hydrogens (tertiary/aromatic N) is 3. The standard InChI is InChI=1S/C18H18BrN3OS/c19-15-7-1-4-13(10-15)5-3-9-23-18-17(20-24-21-18)16-12-22-8-2-6-14(16)11-22/h1,4,7,10,14,16H,2,6,8-9,11-12H2/t14-,16-/m0/s1. The third kappa shape index (κ3) is 3.49. The van der Waals surface area contributed by atoms with Crippen LogP contribution in [0.25, 0.3) is 0 Å². The predicted octanol–water partition coefficient (Wildman–Crippen LogP) is 3.54. The molecule has 2 saturated heterocycles. The van der Waals surface area contributed by atoms with Crippen LogP contribution in [0.15, 0.2) is 28.7 Å². The molecule has 4 rings (SSSR count). The summed E-state index contributed by atoms with van der Waals surface area (Å²) in [5, 5.41) is 0. The van der Waals surface area contributed by atoms with E-state index >= 15 is 0 Å². The van der Waals surface area contributed by atoms with E-state index in [0.29, 0.717) is 24.3 Å². The van der Waals surface area contributed by atoms with Gasteiger partial charge in [-0.3, -0.25) is 0 Å². The van der Waals surface area contributed by atoms with E-state index in [1.807, 2.05) is 24.3 Å². The maximum atomic E-state index is 5.82. The fourth-order valence-corrected chi connectivity index (χ4v) is 4.61. The van der Waals surface area contributed by atoms with Crippen molar-refractivity contribution in [1.82, 2.24) is 13.6 Å². The van der Waals surface area contributed by atoms with Gasteiger partial charge in [-0.25, -0.2) is 0 Å². The number of piperidine rings is 1. The van der Waals surface area contributed by atoms with Crippen molar-refractivity contribution in [2.75, 3.05) is 26.2 Å². The molecule has 2 aliphatic heterocycles. The number of hydrogen-bond donors (Lipinski definition) is 0. The van der Waals surface area contributed by atoms with E-state index in [1.165, 1.54) is 37.7 Å². The molecule has 3 atom stereocenters. The minimum absolute atomic E-state index is 0.339. The average Bonchev–Trinajstić information content (AvgIpc) is 3.15. The van der Waals surface area contributed by atoms with E-state index < -0.39 is 0 Å². The fourth-order valence-electron chi connectivity index (χ4n) is 3.65. The van der Waals surface area contributed by atoms with Crippen molar-refractivity contribution in [2.45, 2.75) is 18.8 Å². The summed E-state index contributed by atoms with van der Waals surface area (Å²) < 4.78 is 15.7. The second-order valence-electron chi connectivity index (χ2n) is 6.32. The summed E-state index contributed by atoms with van der Waals surface area (Å²) in [7, 11) is 0. The number of halogens is 1. The molecule has 0 saturated carbocycles. The van der Waals surface area contributed by atoms with E-state index in [1.54, 1.807) is 0 Å². The molecule has 6 heteroatoms. The molecule has 0 radical (unpaired) electrons. The lowest BCUT2D eigenvalue weighted by molar-refractivity contribution is 0.269. The SMILES string of the molecule is Brc1cccc(C#CCOc2nsnc2[C@H]2CN3CCC[C@H]2C3)c1. The number of aromatic nitrogens is 2. The van der Waals surface area contributed by atoms with E-state index in [-0.39, 0.29) is 0 Å². The molecular formula is C18H18BrN3OS. The molecule has 3 heterocycles. The van der Waals surface area contributed by atoms with E-state index in [0.717, 1.165) is 22.3 Å². The third-order valence-corrected chi connectivity index (χ3v) is 5.76. The lowest BCUT2D eigenvalue weighted by atomic mass is 9.89. The molecule has 2 aliphatic rings. The Balaban J connectivity index is 1.41. The molecule has 0 N–H and O–H groups in total. The predicted molar refractivity (Wildman–Crippen MR) is 98.3 cm³/mol. The molecule has 0 spiro atoms. The quantitative estimate of drug-likeness (QED) is 0.734. The largest absolute Gasteiger partial charge is 0.463 e. The first-order valence-corrected chi connectivity index (χ1v) is 9.74. The third-order valence-electron chi connectivity index (χ3n) is 4.74.